The van der Waals surface area contributed by atoms with Crippen LogP contribution in [0.3, 0.4) is 0 Å². The quantitative estimate of drug-likeness (QED) is 0.427. The molecule has 0 bridgehead atoms. The molecule has 39 heavy (non-hydrogen) atoms. The van der Waals surface area contributed by atoms with Crippen LogP contribution in [0.4, 0.5) is 30.7 Å². The lowest BCUT2D eigenvalue weighted by atomic mass is 9.81. The Hall–Kier alpha value is -2.41. The highest BCUT2D eigenvalue weighted by molar-refractivity contribution is 5.85. The fourth-order valence-corrected chi connectivity index (χ4v) is 4.90. The van der Waals surface area contributed by atoms with Crippen molar-refractivity contribution in [1.29, 1.82) is 0 Å². The summed E-state index contributed by atoms with van der Waals surface area (Å²) in [6, 6.07) is 6.90. The number of benzene rings is 2. The normalized spacial score (nSPS) is 23.3. The molecular formula is C26H28ClF7N2O3. The molecule has 2 aliphatic rings. The van der Waals surface area contributed by atoms with Crippen LogP contribution >= 0.6 is 12.4 Å². The standard InChI is InChI=1S/C26H27F7N2O3.ClH/c1-15(18-10-19(25(28,29)30)12-20(11-18)26(31,32)33)38-24-23(16-2-4-21(27)5-3-16)17(6-9-37-24)14-35-8-7-34-13-22(35)36;/h2-5,10-12,15,17,23-24,34H,6-9,13-14H2,1H3;1H/t15-,17+,23+,24-;/m1./s1. The van der Waals surface area contributed by atoms with E-state index in [1.54, 1.807) is 4.90 Å². The van der Waals surface area contributed by atoms with Crippen molar-refractivity contribution >= 4 is 18.3 Å². The number of rotatable bonds is 6. The van der Waals surface area contributed by atoms with Gasteiger partial charge in [0.1, 0.15) is 5.82 Å². The van der Waals surface area contributed by atoms with Crippen molar-refractivity contribution in [2.75, 3.05) is 32.8 Å². The van der Waals surface area contributed by atoms with E-state index < -0.39 is 47.6 Å². The maximum absolute atomic E-state index is 13.7. The number of carbonyl (C=O) groups is 1. The number of alkyl halides is 6. The molecule has 2 saturated heterocycles. The van der Waals surface area contributed by atoms with Crippen molar-refractivity contribution in [1.82, 2.24) is 10.2 Å². The summed E-state index contributed by atoms with van der Waals surface area (Å²) in [5.74, 6) is -1.33. The van der Waals surface area contributed by atoms with Crippen molar-refractivity contribution in [2.45, 2.75) is 44.0 Å². The molecular weight excluding hydrogens is 557 g/mol. The van der Waals surface area contributed by atoms with Gasteiger partial charge in [-0.2, -0.15) is 26.3 Å². The van der Waals surface area contributed by atoms with Crippen LogP contribution in [0, 0.1) is 11.7 Å². The SMILES string of the molecule is C[C@@H](O[C@H]1OCC[C@@H](CN2CCNCC2=O)[C@@H]1c1ccc(F)cc1)c1cc(C(F)(F)F)cc(C(F)(F)F)c1.Cl. The second-order valence-corrected chi connectivity index (χ2v) is 9.50. The van der Waals surface area contributed by atoms with Gasteiger partial charge in [-0.05, 0) is 60.7 Å². The number of amides is 1. The molecule has 4 atom stereocenters. The monoisotopic (exact) mass is 584 g/mol. The first-order valence-electron chi connectivity index (χ1n) is 12.1. The van der Waals surface area contributed by atoms with Crippen LogP contribution in [0.1, 0.15) is 47.6 Å². The molecule has 0 saturated carbocycles. The van der Waals surface area contributed by atoms with Gasteiger partial charge < -0.3 is 19.7 Å². The van der Waals surface area contributed by atoms with Crippen LogP contribution in [0.15, 0.2) is 42.5 Å². The molecule has 0 radical (unpaired) electrons. The number of piperazine rings is 1. The molecule has 5 nitrogen and oxygen atoms in total. The Bertz CT molecular complexity index is 1100. The summed E-state index contributed by atoms with van der Waals surface area (Å²) >= 11 is 0. The molecule has 2 aromatic rings. The Morgan fingerprint density at radius 2 is 1.67 bits per heavy atom. The van der Waals surface area contributed by atoms with E-state index in [9.17, 15) is 35.5 Å². The van der Waals surface area contributed by atoms with Gasteiger partial charge in [-0.3, -0.25) is 4.79 Å². The number of ether oxygens (including phenoxy) is 2. The minimum absolute atomic E-state index is 0. The van der Waals surface area contributed by atoms with Crippen molar-refractivity contribution in [2.24, 2.45) is 5.92 Å². The molecule has 13 heteroatoms. The molecule has 2 heterocycles. The summed E-state index contributed by atoms with van der Waals surface area (Å²) in [6.07, 6.45) is -11.7. The van der Waals surface area contributed by atoms with Crippen molar-refractivity contribution in [3.63, 3.8) is 0 Å². The van der Waals surface area contributed by atoms with Crippen LogP contribution in [-0.4, -0.2) is 49.9 Å². The van der Waals surface area contributed by atoms with Crippen molar-refractivity contribution < 1.29 is 45.0 Å². The van der Waals surface area contributed by atoms with Gasteiger partial charge in [0.15, 0.2) is 6.29 Å². The smallest absolute Gasteiger partial charge is 0.352 e. The van der Waals surface area contributed by atoms with Gasteiger partial charge in [-0.15, -0.1) is 12.4 Å². The second-order valence-electron chi connectivity index (χ2n) is 9.50. The van der Waals surface area contributed by atoms with E-state index in [4.69, 9.17) is 9.47 Å². The van der Waals surface area contributed by atoms with E-state index in [2.05, 4.69) is 5.32 Å². The number of nitrogens with one attached hydrogen (secondary N) is 1. The Kier molecular flexibility index (Phi) is 9.90. The number of hydrogen-bond acceptors (Lipinski definition) is 4. The maximum Gasteiger partial charge on any atom is 0.416 e. The Balaban J connectivity index is 0.00000420. The van der Waals surface area contributed by atoms with Gasteiger partial charge in [0.2, 0.25) is 5.91 Å². The first kappa shape index (κ1) is 31.1. The van der Waals surface area contributed by atoms with Crippen LogP contribution in [0.2, 0.25) is 0 Å². The molecule has 2 aromatic carbocycles. The molecule has 0 aliphatic carbocycles. The first-order valence-corrected chi connectivity index (χ1v) is 12.1. The van der Waals surface area contributed by atoms with E-state index in [0.717, 1.165) is 0 Å². The highest BCUT2D eigenvalue weighted by Crippen LogP contribution is 2.41. The highest BCUT2D eigenvalue weighted by atomic mass is 35.5. The molecule has 2 aliphatic heterocycles. The van der Waals surface area contributed by atoms with E-state index in [1.807, 2.05) is 0 Å². The zero-order valence-electron chi connectivity index (χ0n) is 20.8. The average Bonchev–Trinajstić information content (AvgIpc) is 2.85. The van der Waals surface area contributed by atoms with Crippen LogP contribution in [0.5, 0.6) is 0 Å². The number of carbonyl (C=O) groups excluding carboxylic acids is 1. The zero-order valence-corrected chi connectivity index (χ0v) is 21.6. The lowest BCUT2D eigenvalue weighted by Crippen LogP contribution is -2.51. The summed E-state index contributed by atoms with van der Waals surface area (Å²) in [6.45, 7) is 3.20. The Morgan fingerprint density at radius 1 is 1.05 bits per heavy atom. The molecule has 4 rings (SSSR count). The zero-order chi connectivity index (χ0) is 27.7. The van der Waals surface area contributed by atoms with Crippen molar-refractivity contribution in [3.8, 4) is 0 Å². The fourth-order valence-electron chi connectivity index (χ4n) is 4.90. The third kappa shape index (κ3) is 7.62. The predicted molar refractivity (Wildman–Crippen MR) is 130 cm³/mol. The van der Waals surface area contributed by atoms with E-state index >= 15 is 0 Å². The fraction of sp³-hybridized carbons (Fsp3) is 0.500. The minimum atomic E-state index is -4.99. The summed E-state index contributed by atoms with van der Waals surface area (Å²) in [5, 5.41) is 2.99. The molecule has 0 unspecified atom stereocenters. The van der Waals surface area contributed by atoms with Crippen LogP contribution in [0.25, 0.3) is 0 Å². The topological polar surface area (TPSA) is 50.8 Å². The third-order valence-electron chi connectivity index (χ3n) is 6.89. The van der Waals surface area contributed by atoms with E-state index in [1.165, 1.54) is 31.2 Å². The molecule has 1 amide bonds. The van der Waals surface area contributed by atoms with Gasteiger partial charge in [0, 0.05) is 25.6 Å². The van der Waals surface area contributed by atoms with Gasteiger partial charge in [0.05, 0.1) is 30.4 Å². The first-order chi connectivity index (χ1) is 17.8. The molecule has 0 aromatic heterocycles. The largest absolute Gasteiger partial charge is 0.416 e. The second kappa shape index (κ2) is 12.4. The van der Waals surface area contributed by atoms with Crippen LogP contribution in [-0.2, 0) is 26.6 Å². The average molecular weight is 585 g/mol. The maximum atomic E-state index is 13.7. The minimum Gasteiger partial charge on any atom is -0.352 e. The van der Waals surface area contributed by atoms with Crippen LogP contribution < -0.4 is 5.32 Å². The Labute approximate surface area is 227 Å². The molecule has 2 fully saturated rings. The van der Waals surface area contributed by atoms with E-state index in [-0.39, 0.29) is 49.0 Å². The summed E-state index contributed by atoms with van der Waals surface area (Å²) in [7, 11) is 0. The summed E-state index contributed by atoms with van der Waals surface area (Å²) in [5.41, 5.74) is -2.57. The highest BCUT2D eigenvalue weighted by Gasteiger charge is 2.41. The van der Waals surface area contributed by atoms with Gasteiger partial charge in [-0.1, -0.05) is 12.1 Å². The molecule has 1 N–H and O–H groups in total. The Morgan fingerprint density at radius 3 is 2.23 bits per heavy atom. The van der Waals surface area contributed by atoms with Gasteiger partial charge >= 0.3 is 12.4 Å². The van der Waals surface area contributed by atoms with Gasteiger partial charge in [-0.25, -0.2) is 4.39 Å². The lowest BCUT2D eigenvalue weighted by Gasteiger charge is -2.42. The number of nitrogens with zero attached hydrogens (tertiary/aromatic N) is 1. The summed E-state index contributed by atoms with van der Waals surface area (Å²) in [4.78, 5) is 14.1. The number of halogens is 8. The van der Waals surface area contributed by atoms with Crippen molar-refractivity contribution in [3.05, 3.63) is 70.5 Å². The molecule has 216 valence electrons. The third-order valence-corrected chi connectivity index (χ3v) is 6.89. The van der Waals surface area contributed by atoms with E-state index in [0.29, 0.717) is 43.8 Å². The van der Waals surface area contributed by atoms with Gasteiger partial charge in [0.25, 0.3) is 0 Å². The predicted octanol–water partition coefficient (Wildman–Crippen LogP) is 5.94. The molecule has 0 spiro atoms. The summed E-state index contributed by atoms with van der Waals surface area (Å²) < 4.78 is 106. The lowest BCUT2D eigenvalue weighted by molar-refractivity contribution is -0.210. The number of hydrogen-bond donors (Lipinski definition) is 1.